The zero-order chi connectivity index (χ0) is 26.0. The van der Waals surface area contributed by atoms with Gasteiger partial charge < -0.3 is 24.6 Å². The number of carbonyl (C=O) groups is 1. The summed E-state index contributed by atoms with van der Waals surface area (Å²) in [4.78, 5) is 27.7. The van der Waals surface area contributed by atoms with E-state index in [2.05, 4.69) is 5.32 Å². The van der Waals surface area contributed by atoms with E-state index in [9.17, 15) is 23.5 Å². The number of carbonyl (C=O) groups excluding carboxylic acids is 1. The molecule has 1 aliphatic rings. The quantitative estimate of drug-likeness (QED) is 0.477. The predicted octanol–water partition coefficient (Wildman–Crippen LogP) is 3.76. The number of rotatable bonds is 7. The van der Waals surface area contributed by atoms with E-state index in [0.717, 1.165) is 12.1 Å². The molecule has 0 saturated carbocycles. The van der Waals surface area contributed by atoms with E-state index < -0.39 is 29.1 Å². The molecule has 0 bridgehead atoms. The number of halogens is 4. The van der Waals surface area contributed by atoms with Crippen LogP contribution in [0, 0.1) is 11.6 Å². The molecule has 1 atom stereocenters. The number of benzene rings is 2. The molecule has 1 aliphatic heterocycles. The number of nitrogens with one attached hydrogen (secondary N) is 1. The lowest BCUT2D eigenvalue weighted by molar-refractivity contribution is 0.0567. The van der Waals surface area contributed by atoms with E-state index in [1.54, 1.807) is 11.6 Å². The second-order valence-corrected chi connectivity index (χ2v) is 9.67. The van der Waals surface area contributed by atoms with Crippen LogP contribution < -0.4 is 15.5 Å². The second kappa shape index (κ2) is 11.1. The van der Waals surface area contributed by atoms with Gasteiger partial charge in [0.1, 0.15) is 35.7 Å². The van der Waals surface area contributed by atoms with E-state index in [1.165, 1.54) is 24.4 Å². The Morgan fingerprint density at radius 1 is 1.17 bits per heavy atom. The molecule has 0 radical (unpaired) electrons. The SMILES string of the molecule is Cn1cc(C(=O)NC2CCN(C[C@H](O)COc3ccc(Cl)c(F)c3)CC2)c(=O)c2cc(F)c(Cl)cc21. The highest BCUT2D eigenvalue weighted by atomic mass is 35.5. The Morgan fingerprint density at radius 2 is 1.86 bits per heavy atom. The van der Waals surface area contributed by atoms with Crippen LogP contribution in [0.3, 0.4) is 0 Å². The van der Waals surface area contributed by atoms with Crippen molar-refractivity contribution in [3.8, 4) is 5.75 Å². The number of fused-ring (bicyclic) bond motifs is 1. The Bertz CT molecular complexity index is 1340. The average molecular weight is 540 g/mol. The molecule has 0 spiro atoms. The van der Waals surface area contributed by atoms with E-state index in [-0.39, 0.29) is 39.4 Å². The van der Waals surface area contributed by atoms with Crippen LogP contribution in [-0.2, 0) is 7.05 Å². The van der Waals surface area contributed by atoms with Gasteiger partial charge in [-0.05, 0) is 37.1 Å². The summed E-state index contributed by atoms with van der Waals surface area (Å²) >= 11 is 11.5. The molecular formula is C25H25Cl2F2N3O4. The van der Waals surface area contributed by atoms with Crippen molar-refractivity contribution in [1.29, 1.82) is 0 Å². The first-order valence-corrected chi connectivity index (χ1v) is 12.2. The first kappa shape index (κ1) is 26.3. The van der Waals surface area contributed by atoms with Gasteiger partial charge in [-0.3, -0.25) is 9.59 Å². The number of nitrogens with zero attached hydrogens (tertiary/aromatic N) is 2. The van der Waals surface area contributed by atoms with Gasteiger partial charge in [-0.25, -0.2) is 8.78 Å². The zero-order valence-corrected chi connectivity index (χ0v) is 21.0. The first-order chi connectivity index (χ1) is 17.1. The van der Waals surface area contributed by atoms with Crippen molar-refractivity contribution in [2.45, 2.75) is 25.0 Å². The van der Waals surface area contributed by atoms with Crippen molar-refractivity contribution in [3.63, 3.8) is 0 Å². The molecule has 0 aliphatic carbocycles. The number of aliphatic hydroxyl groups is 1. The Morgan fingerprint density at radius 3 is 2.56 bits per heavy atom. The summed E-state index contributed by atoms with van der Waals surface area (Å²) in [6, 6.07) is 6.34. The molecule has 0 unspecified atom stereocenters. The molecule has 36 heavy (non-hydrogen) atoms. The molecule has 4 rings (SSSR count). The number of piperidine rings is 1. The number of ether oxygens (including phenoxy) is 1. The van der Waals surface area contributed by atoms with Crippen molar-refractivity contribution in [2.75, 3.05) is 26.2 Å². The lowest BCUT2D eigenvalue weighted by Crippen LogP contribution is -2.47. The van der Waals surface area contributed by atoms with Crippen LogP contribution in [-0.4, -0.2) is 58.9 Å². The highest BCUT2D eigenvalue weighted by Gasteiger charge is 2.24. The Kier molecular flexibility index (Phi) is 8.14. The maximum absolute atomic E-state index is 13.9. The van der Waals surface area contributed by atoms with Crippen LogP contribution in [0.15, 0.2) is 41.3 Å². The van der Waals surface area contributed by atoms with E-state index >= 15 is 0 Å². The fourth-order valence-corrected chi connectivity index (χ4v) is 4.55. The lowest BCUT2D eigenvalue weighted by Gasteiger charge is -2.33. The molecule has 1 fully saturated rings. The molecule has 2 aromatic carbocycles. The smallest absolute Gasteiger partial charge is 0.256 e. The topological polar surface area (TPSA) is 83.8 Å². The molecule has 1 amide bonds. The van der Waals surface area contributed by atoms with Gasteiger partial charge >= 0.3 is 0 Å². The molecule has 2 N–H and O–H groups in total. The summed E-state index contributed by atoms with van der Waals surface area (Å²) in [6.07, 6.45) is 1.88. The number of aliphatic hydroxyl groups excluding tert-OH is 1. The van der Waals surface area contributed by atoms with Crippen molar-refractivity contribution in [2.24, 2.45) is 7.05 Å². The highest BCUT2D eigenvalue weighted by Crippen LogP contribution is 2.22. The van der Waals surface area contributed by atoms with Gasteiger partial charge in [-0.1, -0.05) is 23.2 Å². The van der Waals surface area contributed by atoms with Crippen molar-refractivity contribution < 1.29 is 23.4 Å². The second-order valence-electron chi connectivity index (χ2n) is 8.86. The number of aromatic nitrogens is 1. The standard InChI is InChI=1S/C25H25Cl2F2N3O4/c1-31-12-18(24(34)17-9-22(29)20(27)10-23(17)31)25(35)30-14-4-6-32(7-5-14)11-15(33)13-36-16-2-3-19(26)21(28)8-16/h2-3,8-10,12,14-15,33H,4-7,11,13H2,1H3,(H,30,35)/t15-/m0/s1. The van der Waals surface area contributed by atoms with E-state index in [1.807, 2.05) is 4.90 Å². The molecule has 1 aromatic heterocycles. The van der Waals surface area contributed by atoms with Crippen LogP contribution in [0.1, 0.15) is 23.2 Å². The summed E-state index contributed by atoms with van der Waals surface area (Å²) in [5, 5.41) is 13.2. The summed E-state index contributed by atoms with van der Waals surface area (Å²) < 4.78 is 34.4. The van der Waals surface area contributed by atoms with Crippen LogP contribution in [0.2, 0.25) is 10.0 Å². The fraction of sp³-hybridized carbons (Fsp3) is 0.360. The maximum Gasteiger partial charge on any atom is 0.256 e. The number of β-amino-alcohol motifs (C(OH)–C–C–N with tert-alkyl or cyclic N) is 1. The third-order valence-electron chi connectivity index (χ3n) is 6.20. The average Bonchev–Trinajstić information content (AvgIpc) is 2.84. The Balaban J connectivity index is 1.30. The Labute approximate surface area is 216 Å². The molecule has 7 nitrogen and oxygen atoms in total. The molecule has 3 aromatic rings. The number of aryl methyl sites for hydroxylation is 1. The number of likely N-dealkylation sites (tertiary alicyclic amines) is 1. The summed E-state index contributed by atoms with van der Waals surface area (Å²) in [5.74, 6) is -1.55. The van der Waals surface area contributed by atoms with E-state index in [4.69, 9.17) is 27.9 Å². The largest absolute Gasteiger partial charge is 0.491 e. The number of hydrogen-bond acceptors (Lipinski definition) is 5. The predicted molar refractivity (Wildman–Crippen MR) is 134 cm³/mol. The van der Waals surface area contributed by atoms with Gasteiger partial charge in [0.2, 0.25) is 5.43 Å². The van der Waals surface area contributed by atoms with Gasteiger partial charge in [0.05, 0.1) is 15.6 Å². The molecular weight excluding hydrogens is 515 g/mol. The molecule has 2 heterocycles. The normalized spacial score (nSPS) is 15.7. The third kappa shape index (κ3) is 5.98. The van der Waals surface area contributed by atoms with Gasteiger partial charge in [0.25, 0.3) is 5.91 Å². The van der Waals surface area contributed by atoms with Crippen LogP contribution in [0.5, 0.6) is 5.75 Å². The van der Waals surface area contributed by atoms with Crippen LogP contribution >= 0.6 is 23.2 Å². The zero-order valence-electron chi connectivity index (χ0n) is 19.4. The number of hydrogen-bond donors (Lipinski definition) is 2. The summed E-state index contributed by atoms with van der Waals surface area (Å²) in [5.41, 5.74) is -0.197. The first-order valence-electron chi connectivity index (χ1n) is 11.4. The minimum absolute atomic E-state index is 0.00217. The maximum atomic E-state index is 13.9. The summed E-state index contributed by atoms with van der Waals surface area (Å²) in [7, 11) is 1.66. The van der Waals surface area contributed by atoms with Gasteiger partial charge in [0, 0.05) is 50.4 Å². The van der Waals surface area contributed by atoms with Crippen LogP contribution in [0.25, 0.3) is 10.9 Å². The Hall–Kier alpha value is -2.72. The number of pyridine rings is 1. The molecule has 11 heteroatoms. The highest BCUT2D eigenvalue weighted by molar-refractivity contribution is 6.31. The fourth-order valence-electron chi connectivity index (χ4n) is 4.27. The third-order valence-corrected chi connectivity index (χ3v) is 6.80. The minimum atomic E-state index is -0.788. The van der Waals surface area contributed by atoms with Crippen LogP contribution in [0.4, 0.5) is 8.78 Å². The summed E-state index contributed by atoms with van der Waals surface area (Å²) in [6.45, 7) is 1.60. The van der Waals surface area contributed by atoms with Crippen molar-refractivity contribution in [3.05, 3.63) is 74.0 Å². The minimum Gasteiger partial charge on any atom is -0.491 e. The lowest BCUT2D eigenvalue weighted by atomic mass is 10.0. The van der Waals surface area contributed by atoms with E-state index in [0.29, 0.717) is 38.0 Å². The van der Waals surface area contributed by atoms with Crippen molar-refractivity contribution >= 4 is 40.0 Å². The van der Waals surface area contributed by atoms with Crippen molar-refractivity contribution in [1.82, 2.24) is 14.8 Å². The molecule has 1 saturated heterocycles. The monoisotopic (exact) mass is 539 g/mol. The van der Waals surface area contributed by atoms with Gasteiger partial charge in [-0.2, -0.15) is 0 Å². The van der Waals surface area contributed by atoms with Gasteiger partial charge in [0.15, 0.2) is 0 Å². The number of amides is 1. The van der Waals surface area contributed by atoms with Gasteiger partial charge in [-0.15, -0.1) is 0 Å². The molecule has 192 valence electrons.